The van der Waals surface area contributed by atoms with E-state index in [1.165, 1.54) is 6.07 Å². The smallest absolute Gasteiger partial charge is 0.244 e. The maximum atomic E-state index is 13.3. The molecule has 0 heterocycles. The highest BCUT2D eigenvalue weighted by molar-refractivity contribution is 14.1. The van der Waals surface area contributed by atoms with Gasteiger partial charge in [0.2, 0.25) is 5.91 Å². The molecule has 92 valence electrons. The summed E-state index contributed by atoms with van der Waals surface area (Å²) in [5, 5.41) is 2.70. The highest BCUT2D eigenvalue weighted by atomic mass is 127. The predicted molar refractivity (Wildman–Crippen MR) is 73.1 cm³/mol. The Morgan fingerprint density at radius 2 is 2.24 bits per heavy atom. The third-order valence-corrected chi connectivity index (χ3v) is 4.21. The quantitative estimate of drug-likeness (QED) is 0.825. The van der Waals surface area contributed by atoms with E-state index in [0.29, 0.717) is 9.26 Å². The number of nitrogens with two attached hydrogens (primary N) is 1. The van der Waals surface area contributed by atoms with Crippen LogP contribution in [-0.2, 0) is 4.79 Å². The van der Waals surface area contributed by atoms with Crippen LogP contribution in [0.3, 0.4) is 0 Å². The summed E-state index contributed by atoms with van der Waals surface area (Å²) in [5.41, 5.74) is 5.61. The van der Waals surface area contributed by atoms with E-state index >= 15 is 0 Å². The molecule has 3 N–H and O–H groups in total. The lowest BCUT2D eigenvalue weighted by molar-refractivity contribution is -0.121. The number of hydrogen-bond donors (Lipinski definition) is 2. The van der Waals surface area contributed by atoms with Crippen molar-refractivity contribution < 1.29 is 9.18 Å². The van der Waals surface area contributed by atoms with Crippen LogP contribution in [0.2, 0.25) is 0 Å². The second kappa shape index (κ2) is 4.53. The molecule has 0 saturated heterocycles. The molecule has 1 saturated carbocycles. The van der Waals surface area contributed by atoms with Crippen molar-refractivity contribution in [2.45, 2.75) is 25.3 Å². The first kappa shape index (κ1) is 12.8. The van der Waals surface area contributed by atoms with E-state index in [2.05, 4.69) is 5.32 Å². The van der Waals surface area contributed by atoms with Crippen LogP contribution in [0, 0.1) is 15.3 Å². The Morgan fingerprint density at radius 1 is 1.59 bits per heavy atom. The molecule has 0 aromatic heterocycles. The average molecular weight is 348 g/mol. The Labute approximate surface area is 113 Å². The summed E-state index contributed by atoms with van der Waals surface area (Å²) < 4.78 is 13.7. The van der Waals surface area contributed by atoms with Crippen LogP contribution in [0.25, 0.3) is 0 Å². The number of carbonyl (C=O) groups is 1. The van der Waals surface area contributed by atoms with E-state index in [-0.39, 0.29) is 17.6 Å². The molecule has 3 nitrogen and oxygen atoms in total. The van der Waals surface area contributed by atoms with Crippen LogP contribution < -0.4 is 11.1 Å². The Balaban J connectivity index is 2.15. The molecular formula is C12H14FIN2O. The van der Waals surface area contributed by atoms with Gasteiger partial charge in [0, 0.05) is 0 Å². The average Bonchev–Trinajstić information content (AvgIpc) is 3.08. The number of amides is 1. The fourth-order valence-corrected chi connectivity index (χ4v) is 2.22. The highest BCUT2D eigenvalue weighted by Gasteiger charge is 2.44. The van der Waals surface area contributed by atoms with E-state index in [0.717, 1.165) is 12.8 Å². The van der Waals surface area contributed by atoms with E-state index in [4.69, 9.17) is 5.73 Å². The molecule has 1 aromatic rings. The first-order valence-electron chi connectivity index (χ1n) is 5.47. The third kappa shape index (κ3) is 2.60. The Bertz CT molecular complexity index is 458. The summed E-state index contributed by atoms with van der Waals surface area (Å²) in [6.07, 6.45) is 1.97. The van der Waals surface area contributed by atoms with Gasteiger partial charge in [-0.2, -0.15) is 0 Å². The molecule has 1 aliphatic carbocycles. The van der Waals surface area contributed by atoms with Crippen LogP contribution in [-0.4, -0.2) is 11.4 Å². The molecule has 0 bridgehead atoms. The molecule has 17 heavy (non-hydrogen) atoms. The van der Waals surface area contributed by atoms with Gasteiger partial charge < -0.3 is 11.1 Å². The third-order valence-electron chi connectivity index (χ3n) is 3.11. The van der Waals surface area contributed by atoms with E-state index in [1.54, 1.807) is 19.1 Å². The number of anilines is 1. The fraction of sp³-hybridized carbons (Fsp3) is 0.417. The van der Waals surface area contributed by atoms with Gasteiger partial charge in [-0.15, -0.1) is 0 Å². The molecule has 1 aliphatic rings. The summed E-state index contributed by atoms with van der Waals surface area (Å²) in [6, 6.07) is 4.60. The molecule has 1 amide bonds. The predicted octanol–water partition coefficient (Wildman–Crippen LogP) is 2.50. The Hall–Kier alpha value is -0.690. The molecule has 0 radical (unpaired) electrons. The van der Waals surface area contributed by atoms with Crippen molar-refractivity contribution >= 4 is 34.2 Å². The number of nitrogens with one attached hydrogen (secondary N) is 1. The van der Waals surface area contributed by atoms with Gasteiger partial charge in [0.15, 0.2) is 0 Å². The summed E-state index contributed by atoms with van der Waals surface area (Å²) in [6.45, 7) is 1.73. The zero-order chi connectivity index (χ0) is 12.6. The second-order valence-corrected chi connectivity index (χ2v) is 5.69. The molecular weight excluding hydrogens is 334 g/mol. The lowest BCUT2D eigenvalue weighted by Gasteiger charge is -2.23. The molecule has 1 fully saturated rings. The van der Waals surface area contributed by atoms with Gasteiger partial charge in [-0.25, -0.2) is 4.39 Å². The Morgan fingerprint density at radius 3 is 2.82 bits per heavy atom. The SMILES string of the molecule is CC(N)(C(=O)Nc1cccc(F)c1I)C1CC1. The van der Waals surface area contributed by atoms with Crippen molar-refractivity contribution in [2.24, 2.45) is 11.7 Å². The standard InChI is InChI=1S/C12H14FIN2O/c1-12(15,7-5-6-7)11(17)16-9-4-2-3-8(13)10(9)14/h2-4,7H,5-6,15H2,1H3,(H,16,17). The van der Waals surface area contributed by atoms with Gasteiger partial charge in [-0.05, 0) is 60.4 Å². The second-order valence-electron chi connectivity index (χ2n) is 4.61. The normalized spacial score (nSPS) is 18.6. The Kier molecular flexibility index (Phi) is 3.40. The van der Waals surface area contributed by atoms with Crippen molar-refractivity contribution in [2.75, 3.05) is 5.32 Å². The van der Waals surface area contributed by atoms with Gasteiger partial charge in [-0.3, -0.25) is 4.79 Å². The van der Waals surface area contributed by atoms with Crippen molar-refractivity contribution in [1.29, 1.82) is 0 Å². The maximum absolute atomic E-state index is 13.3. The summed E-state index contributed by atoms with van der Waals surface area (Å²) >= 11 is 1.87. The van der Waals surface area contributed by atoms with Gasteiger partial charge in [0.25, 0.3) is 0 Å². The summed E-state index contributed by atoms with van der Waals surface area (Å²) in [7, 11) is 0. The maximum Gasteiger partial charge on any atom is 0.244 e. The van der Waals surface area contributed by atoms with E-state index < -0.39 is 5.54 Å². The van der Waals surface area contributed by atoms with Crippen LogP contribution in [0.4, 0.5) is 10.1 Å². The molecule has 2 rings (SSSR count). The molecule has 0 aliphatic heterocycles. The summed E-state index contributed by atoms with van der Waals surface area (Å²) in [4.78, 5) is 12.0. The fourth-order valence-electron chi connectivity index (χ4n) is 1.73. The monoisotopic (exact) mass is 348 g/mol. The molecule has 0 spiro atoms. The van der Waals surface area contributed by atoms with Gasteiger partial charge in [0.05, 0.1) is 14.8 Å². The first-order chi connectivity index (χ1) is 7.93. The van der Waals surface area contributed by atoms with E-state index in [9.17, 15) is 9.18 Å². The highest BCUT2D eigenvalue weighted by Crippen LogP contribution is 2.38. The molecule has 1 unspecified atom stereocenters. The number of rotatable bonds is 3. The van der Waals surface area contributed by atoms with Gasteiger partial charge in [0.1, 0.15) is 5.82 Å². The minimum atomic E-state index is -0.866. The van der Waals surface area contributed by atoms with Crippen LogP contribution in [0.1, 0.15) is 19.8 Å². The topological polar surface area (TPSA) is 55.1 Å². The lowest BCUT2D eigenvalue weighted by atomic mass is 9.96. The molecule has 1 aromatic carbocycles. The summed E-state index contributed by atoms with van der Waals surface area (Å²) in [5.74, 6) is -0.342. The van der Waals surface area contributed by atoms with Crippen molar-refractivity contribution in [3.63, 3.8) is 0 Å². The van der Waals surface area contributed by atoms with Gasteiger partial charge >= 0.3 is 0 Å². The van der Waals surface area contributed by atoms with Crippen molar-refractivity contribution in [1.82, 2.24) is 0 Å². The van der Waals surface area contributed by atoms with E-state index in [1.807, 2.05) is 22.6 Å². The first-order valence-corrected chi connectivity index (χ1v) is 6.55. The number of hydrogen-bond acceptors (Lipinski definition) is 2. The van der Waals surface area contributed by atoms with Crippen LogP contribution in [0.15, 0.2) is 18.2 Å². The van der Waals surface area contributed by atoms with Crippen molar-refractivity contribution in [3.05, 3.63) is 27.6 Å². The lowest BCUT2D eigenvalue weighted by Crippen LogP contribution is -2.50. The number of benzene rings is 1. The zero-order valence-electron chi connectivity index (χ0n) is 9.47. The van der Waals surface area contributed by atoms with Crippen LogP contribution >= 0.6 is 22.6 Å². The number of carbonyl (C=O) groups excluding carboxylic acids is 1. The minimum Gasteiger partial charge on any atom is -0.323 e. The molecule has 1 atom stereocenters. The molecule has 5 heteroatoms. The van der Waals surface area contributed by atoms with Crippen molar-refractivity contribution in [3.8, 4) is 0 Å². The van der Waals surface area contributed by atoms with Crippen LogP contribution in [0.5, 0.6) is 0 Å². The van der Waals surface area contributed by atoms with Gasteiger partial charge in [-0.1, -0.05) is 6.07 Å². The minimum absolute atomic E-state index is 0.244. The number of halogens is 2. The largest absolute Gasteiger partial charge is 0.323 e. The zero-order valence-corrected chi connectivity index (χ0v) is 11.6.